The van der Waals surface area contributed by atoms with Gasteiger partial charge in [0.25, 0.3) is 0 Å². The van der Waals surface area contributed by atoms with Crippen LogP contribution in [0, 0.1) is 0 Å². The molecule has 0 aliphatic heterocycles. The lowest BCUT2D eigenvalue weighted by molar-refractivity contribution is -0.116. The van der Waals surface area contributed by atoms with E-state index in [1.165, 1.54) is 0 Å². The highest BCUT2D eigenvalue weighted by Gasteiger charge is 2.08. The molecule has 1 amide bonds. The number of rotatable bonds is 4. The van der Waals surface area contributed by atoms with Gasteiger partial charge in [0.15, 0.2) is 0 Å². The summed E-state index contributed by atoms with van der Waals surface area (Å²) in [5, 5.41) is 5.75. The second-order valence-corrected chi connectivity index (χ2v) is 6.13. The van der Waals surface area contributed by atoms with Crippen LogP contribution in [0.2, 0.25) is 5.02 Å². The van der Waals surface area contributed by atoms with E-state index in [4.69, 9.17) is 11.6 Å². The molecule has 0 aliphatic carbocycles. The van der Waals surface area contributed by atoms with Crippen LogP contribution in [-0.4, -0.2) is 15.5 Å². The molecule has 0 fully saturated rings. The van der Waals surface area contributed by atoms with Crippen LogP contribution in [0.15, 0.2) is 60.9 Å². The summed E-state index contributed by atoms with van der Waals surface area (Å²) in [6.45, 7) is 0.610. The first-order valence-corrected chi connectivity index (χ1v) is 8.19. The highest BCUT2D eigenvalue weighted by molar-refractivity contribution is 6.35. The fraction of sp³-hybridized carbons (Fsp3) is 0.105. The average molecular weight is 338 g/mol. The van der Waals surface area contributed by atoms with E-state index in [1.54, 1.807) is 0 Å². The molecule has 0 radical (unpaired) electrons. The third kappa shape index (κ3) is 2.65. The minimum Gasteiger partial charge on any atom is -0.361 e. The lowest BCUT2D eigenvalue weighted by Gasteiger charge is -2.08. The fourth-order valence-corrected chi connectivity index (χ4v) is 3.24. The summed E-state index contributed by atoms with van der Waals surface area (Å²) in [4.78, 5) is 15.5. The van der Waals surface area contributed by atoms with Crippen LogP contribution in [0.5, 0.6) is 0 Å². The number of aromatic amines is 1. The van der Waals surface area contributed by atoms with Gasteiger partial charge in [-0.05, 0) is 36.4 Å². The van der Waals surface area contributed by atoms with Crippen LogP contribution in [0.25, 0.3) is 21.8 Å². The quantitative estimate of drug-likeness (QED) is 0.552. The van der Waals surface area contributed by atoms with Gasteiger partial charge in [0.2, 0.25) is 5.91 Å². The molecule has 2 aromatic heterocycles. The minimum atomic E-state index is -0.00687. The number of hydrogen-bond donors (Lipinski definition) is 2. The van der Waals surface area contributed by atoms with Crippen molar-refractivity contribution in [2.24, 2.45) is 0 Å². The van der Waals surface area contributed by atoms with Gasteiger partial charge in [-0.1, -0.05) is 23.7 Å². The number of H-pyrrole nitrogens is 1. The molecule has 2 aromatic carbocycles. The Bertz CT molecular complexity index is 1030. The normalized spacial score (nSPS) is 11.2. The van der Waals surface area contributed by atoms with E-state index < -0.39 is 0 Å². The molecule has 5 heteroatoms. The van der Waals surface area contributed by atoms with Gasteiger partial charge in [-0.15, -0.1) is 0 Å². The summed E-state index contributed by atoms with van der Waals surface area (Å²) in [6.07, 6.45) is 4.24. The van der Waals surface area contributed by atoms with E-state index in [0.29, 0.717) is 13.0 Å². The van der Waals surface area contributed by atoms with Gasteiger partial charge in [0, 0.05) is 52.2 Å². The second kappa shape index (κ2) is 6.06. The summed E-state index contributed by atoms with van der Waals surface area (Å²) in [5.74, 6) is -0.00687. The number of amides is 1. The Morgan fingerprint density at radius 1 is 1.08 bits per heavy atom. The first-order valence-electron chi connectivity index (χ1n) is 7.82. The summed E-state index contributed by atoms with van der Waals surface area (Å²) in [6, 6.07) is 15.6. The number of aromatic nitrogens is 2. The number of aryl methyl sites for hydroxylation is 1. The average Bonchev–Trinajstić information content (AvgIpc) is 3.21. The van der Waals surface area contributed by atoms with Crippen molar-refractivity contribution >= 4 is 45.0 Å². The van der Waals surface area contributed by atoms with Gasteiger partial charge in [-0.2, -0.15) is 0 Å². The maximum Gasteiger partial charge on any atom is 0.226 e. The number of halogens is 1. The predicted octanol–water partition coefficient (Wildman–Crippen LogP) is 4.80. The molecular weight excluding hydrogens is 322 g/mol. The molecule has 4 nitrogen and oxygen atoms in total. The summed E-state index contributed by atoms with van der Waals surface area (Å²) >= 11 is 6.19. The van der Waals surface area contributed by atoms with Gasteiger partial charge >= 0.3 is 0 Å². The monoisotopic (exact) mass is 337 g/mol. The standard InChI is InChI=1S/C19H16ClN3O/c20-15-3-1-6-18-13(15)8-11-23(18)12-9-19(24)22-17-5-2-4-16-14(17)7-10-21-16/h1-8,10-11,21H,9,12H2,(H,22,24). The van der Waals surface area contributed by atoms with Crippen LogP contribution >= 0.6 is 11.6 Å². The fourth-order valence-electron chi connectivity index (χ4n) is 3.01. The van der Waals surface area contributed by atoms with Crippen LogP contribution in [0.3, 0.4) is 0 Å². The number of fused-ring (bicyclic) bond motifs is 2. The minimum absolute atomic E-state index is 0.00687. The molecular formula is C19H16ClN3O. The SMILES string of the molecule is O=C(CCn1ccc2c(Cl)cccc21)Nc1cccc2[nH]ccc12. The molecule has 0 atom stereocenters. The van der Waals surface area contributed by atoms with Crippen molar-refractivity contribution in [2.45, 2.75) is 13.0 Å². The number of anilines is 1. The number of benzene rings is 2. The van der Waals surface area contributed by atoms with Gasteiger partial charge < -0.3 is 14.9 Å². The Morgan fingerprint density at radius 3 is 2.88 bits per heavy atom. The van der Waals surface area contributed by atoms with E-state index in [1.807, 2.05) is 60.9 Å². The summed E-state index contributed by atoms with van der Waals surface area (Å²) < 4.78 is 2.05. The zero-order valence-electron chi connectivity index (χ0n) is 12.9. The summed E-state index contributed by atoms with van der Waals surface area (Å²) in [5.41, 5.74) is 2.89. The van der Waals surface area contributed by atoms with Gasteiger partial charge in [0.05, 0.1) is 5.69 Å². The van der Waals surface area contributed by atoms with Gasteiger partial charge in [-0.3, -0.25) is 4.79 Å². The molecule has 0 saturated heterocycles. The molecule has 0 aliphatic rings. The summed E-state index contributed by atoms with van der Waals surface area (Å²) in [7, 11) is 0. The van der Waals surface area contributed by atoms with Crippen molar-refractivity contribution < 1.29 is 4.79 Å². The van der Waals surface area contributed by atoms with E-state index in [2.05, 4.69) is 14.9 Å². The molecule has 0 unspecified atom stereocenters. The number of carbonyl (C=O) groups is 1. The smallest absolute Gasteiger partial charge is 0.226 e. The number of nitrogens with zero attached hydrogens (tertiary/aromatic N) is 1. The number of nitrogens with one attached hydrogen (secondary N) is 2. The molecule has 0 bridgehead atoms. The predicted molar refractivity (Wildman–Crippen MR) is 98.5 cm³/mol. The highest BCUT2D eigenvalue weighted by Crippen LogP contribution is 2.25. The van der Waals surface area contributed by atoms with E-state index in [-0.39, 0.29) is 5.91 Å². The number of hydrogen-bond acceptors (Lipinski definition) is 1. The third-order valence-corrected chi connectivity index (χ3v) is 4.54. The van der Waals surface area contributed by atoms with Crippen molar-refractivity contribution in [3.63, 3.8) is 0 Å². The highest BCUT2D eigenvalue weighted by atomic mass is 35.5. The van der Waals surface area contributed by atoms with Crippen LogP contribution in [-0.2, 0) is 11.3 Å². The second-order valence-electron chi connectivity index (χ2n) is 5.72. The van der Waals surface area contributed by atoms with Crippen molar-refractivity contribution in [3.8, 4) is 0 Å². The number of carbonyl (C=O) groups excluding carboxylic acids is 1. The molecule has 4 rings (SSSR count). The van der Waals surface area contributed by atoms with E-state index in [9.17, 15) is 4.79 Å². The molecule has 2 heterocycles. The maximum atomic E-state index is 12.3. The van der Waals surface area contributed by atoms with Crippen molar-refractivity contribution in [1.82, 2.24) is 9.55 Å². The Balaban J connectivity index is 1.48. The molecule has 4 aromatic rings. The van der Waals surface area contributed by atoms with E-state index >= 15 is 0 Å². The topological polar surface area (TPSA) is 49.8 Å². The molecule has 0 saturated carbocycles. The third-order valence-electron chi connectivity index (χ3n) is 4.21. The molecule has 2 N–H and O–H groups in total. The Kier molecular flexibility index (Phi) is 3.75. The Morgan fingerprint density at radius 2 is 1.96 bits per heavy atom. The maximum absolute atomic E-state index is 12.3. The van der Waals surface area contributed by atoms with Gasteiger partial charge in [0.1, 0.15) is 0 Å². The Labute approximate surface area is 144 Å². The molecule has 24 heavy (non-hydrogen) atoms. The van der Waals surface area contributed by atoms with Crippen LogP contribution in [0.4, 0.5) is 5.69 Å². The largest absolute Gasteiger partial charge is 0.361 e. The van der Waals surface area contributed by atoms with Crippen molar-refractivity contribution in [2.75, 3.05) is 5.32 Å². The lowest BCUT2D eigenvalue weighted by atomic mass is 10.2. The molecule has 0 spiro atoms. The van der Waals surface area contributed by atoms with Crippen LogP contribution < -0.4 is 5.32 Å². The first kappa shape index (κ1) is 14.8. The van der Waals surface area contributed by atoms with Gasteiger partial charge in [-0.25, -0.2) is 0 Å². The molecule has 120 valence electrons. The zero-order valence-corrected chi connectivity index (χ0v) is 13.7. The first-order chi connectivity index (χ1) is 11.7. The lowest BCUT2D eigenvalue weighted by Crippen LogP contribution is -2.14. The van der Waals surface area contributed by atoms with Crippen LogP contribution in [0.1, 0.15) is 6.42 Å². The Hall–Kier alpha value is -2.72. The van der Waals surface area contributed by atoms with Crippen molar-refractivity contribution in [3.05, 3.63) is 65.9 Å². The van der Waals surface area contributed by atoms with Crippen molar-refractivity contribution in [1.29, 1.82) is 0 Å². The zero-order chi connectivity index (χ0) is 16.5. The van der Waals surface area contributed by atoms with E-state index in [0.717, 1.165) is 32.5 Å².